The second-order valence-corrected chi connectivity index (χ2v) is 7.75. The topological polar surface area (TPSA) is 81.2 Å². The van der Waals surface area contributed by atoms with Crippen LogP contribution in [0.25, 0.3) is 16.6 Å². The lowest BCUT2D eigenvalue weighted by atomic mass is 9.99. The summed E-state index contributed by atoms with van der Waals surface area (Å²) < 4.78 is 35.3. The Morgan fingerprint density at radius 3 is 2.55 bits per heavy atom. The van der Waals surface area contributed by atoms with Gasteiger partial charge in [0.25, 0.3) is 0 Å². The Kier molecular flexibility index (Phi) is 5.31. The van der Waals surface area contributed by atoms with Gasteiger partial charge in [0.15, 0.2) is 0 Å². The maximum absolute atomic E-state index is 14.2. The van der Waals surface area contributed by atoms with Crippen LogP contribution in [0, 0.1) is 18.6 Å². The molecule has 0 aliphatic carbocycles. The van der Waals surface area contributed by atoms with E-state index in [1.54, 1.807) is 25.1 Å². The molecule has 0 aliphatic heterocycles. The molecule has 0 aliphatic rings. The maximum Gasteiger partial charge on any atom is 0.393 e. The van der Waals surface area contributed by atoms with Gasteiger partial charge in [-0.1, -0.05) is 13.8 Å². The Balaban J connectivity index is 1.87. The molecule has 31 heavy (non-hydrogen) atoms. The van der Waals surface area contributed by atoms with Gasteiger partial charge in [0.05, 0.1) is 5.52 Å². The summed E-state index contributed by atoms with van der Waals surface area (Å²) in [6.07, 6.45) is 0.750. The van der Waals surface area contributed by atoms with Crippen LogP contribution in [-0.2, 0) is 12.8 Å². The second-order valence-electron chi connectivity index (χ2n) is 7.75. The molecule has 2 aromatic carbocycles. The predicted octanol–water partition coefficient (Wildman–Crippen LogP) is 5.21. The van der Waals surface area contributed by atoms with Gasteiger partial charge >= 0.3 is 11.9 Å². The van der Waals surface area contributed by atoms with E-state index in [0.717, 1.165) is 27.8 Å². The number of halogens is 2. The number of fused-ring (bicyclic) bond motifs is 1. The smallest absolute Gasteiger partial charge is 0.393 e. The number of carboxylic acids is 1. The third-order valence-electron chi connectivity index (χ3n) is 5.26. The van der Waals surface area contributed by atoms with Crippen LogP contribution < -0.4 is 0 Å². The van der Waals surface area contributed by atoms with Gasteiger partial charge < -0.3 is 14.1 Å². The second kappa shape index (κ2) is 7.94. The summed E-state index contributed by atoms with van der Waals surface area (Å²) >= 11 is 0. The van der Waals surface area contributed by atoms with E-state index >= 15 is 0 Å². The number of benzene rings is 2. The molecule has 0 fully saturated rings. The van der Waals surface area contributed by atoms with Gasteiger partial charge in [-0.05, 0) is 66.8 Å². The predicted molar refractivity (Wildman–Crippen MR) is 111 cm³/mol. The first-order valence-corrected chi connectivity index (χ1v) is 9.91. The van der Waals surface area contributed by atoms with E-state index < -0.39 is 11.9 Å². The number of hydrogen-bond acceptors (Lipinski definition) is 4. The quantitative estimate of drug-likeness (QED) is 0.459. The van der Waals surface area contributed by atoms with Crippen molar-refractivity contribution in [1.29, 1.82) is 0 Å². The van der Waals surface area contributed by atoms with E-state index in [-0.39, 0.29) is 23.4 Å². The van der Waals surface area contributed by atoms with E-state index in [1.807, 2.05) is 18.4 Å². The molecule has 0 atom stereocenters. The molecule has 2 aromatic heterocycles. The molecule has 2 heterocycles. The van der Waals surface area contributed by atoms with Gasteiger partial charge in [0, 0.05) is 23.2 Å². The average molecular weight is 425 g/mol. The lowest BCUT2D eigenvalue weighted by Gasteiger charge is -2.16. The van der Waals surface area contributed by atoms with Gasteiger partial charge in [-0.3, -0.25) is 0 Å². The highest BCUT2D eigenvalue weighted by Gasteiger charge is 2.22. The molecule has 0 spiro atoms. The minimum Gasteiger partial charge on any atom is -0.474 e. The summed E-state index contributed by atoms with van der Waals surface area (Å²) in [5.74, 6) is -2.12. The molecular formula is C23H21F2N3O3. The Morgan fingerprint density at radius 2 is 1.90 bits per heavy atom. The van der Waals surface area contributed by atoms with Crippen molar-refractivity contribution in [2.75, 3.05) is 0 Å². The summed E-state index contributed by atoms with van der Waals surface area (Å²) in [7, 11) is 0. The Hall–Kier alpha value is -3.55. The first-order chi connectivity index (χ1) is 14.8. The van der Waals surface area contributed by atoms with Crippen molar-refractivity contribution in [3.63, 3.8) is 0 Å². The van der Waals surface area contributed by atoms with E-state index in [0.29, 0.717) is 18.4 Å². The van der Waals surface area contributed by atoms with E-state index in [4.69, 9.17) is 9.52 Å². The first kappa shape index (κ1) is 20.7. The molecule has 0 radical (unpaired) electrons. The van der Waals surface area contributed by atoms with Crippen LogP contribution in [0.1, 0.15) is 53.2 Å². The normalized spacial score (nSPS) is 11.5. The number of aromatic nitrogens is 3. The number of carboxylic acid groups (broad SMARTS) is 1. The number of hydrogen-bond donors (Lipinski definition) is 1. The minimum atomic E-state index is -1.29. The fourth-order valence-electron chi connectivity index (χ4n) is 3.94. The van der Waals surface area contributed by atoms with Crippen molar-refractivity contribution in [3.05, 3.63) is 76.6 Å². The summed E-state index contributed by atoms with van der Waals surface area (Å²) in [5.41, 5.74) is 3.98. The van der Waals surface area contributed by atoms with Gasteiger partial charge in [-0.15, -0.1) is 10.2 Å². The monoisotopic (exact) mass is 425 g/mol. The Bertz CT molecular complexity index is 1290. The molecule has 0 amide bonds. The molecule has 4 aromatic rings. The van der Waals surface area contributed by atoms with Crippen LogP contribution in [0.4, 0.5) is 8.78 Å². The fourth-order valence-corrected chi connectivity index (χ4v) is 3.94. The lowest BCUT2D eigenvalue weighted by Crippen LogP contribution is -2.06. The third-order valence-corrected chi connectivity index (χ3v) is 5.26. The molecule has 0 unspecified atom stereocenters. The van der Waals surface area contributed by atoms with Crippen molar-refractivity contribution < 1.29 is 23.1 Å². The standard InChI is InChI=1S/C23H21F2N3O3/c1-12(2)21-16(6-9-20-26-27-22(31-20)23(29)30)17-11-14(24)4-8-19(17)28(21)15-5-7-18(25)13(3)10-15/h4-5,7-8,10-12H,6,9H2,1-3H3,(H,29,30). The third kappa shape index (κ3) is 3.81. The molecule has 160 valence electrons. The molecular weight excluding hydrogens is 404 g/mol. The fraction of sp³-hybridized carbons (Fsp3) is 0.261. The largest absolute Gasteiger partial charge is 0.474 e. The maximum atomic E-state index is 14.2. The van der Waals surface area contributed by atoms with Crippen molar-refractivity contribution in [2.45, 2.75) is 39.5 Å². The van der Waals surface area contributed by atoms with Crippen molar-refractivity contribution in [2.24, 2.45) is 0 Å². The van der Waals surface area contributed by atoms with Crippen LogP contribution in [0.15, 0.2) is 40.8 Å². The van der Waals surface area contributed by atoms with Crippen molar-refractivity contribution in [1.82, 2.24) is 14.8 Å². The number of aryl methyl sites for hydroxylation is 3. The van der Waals surface area contributed by atoms with Crippen LogP contribution in [0.5, 0.6) is 0 Å². The van der Waals surface area contributed by atoms with E-state index in [2.05, 4.69) is 10.2 Å². The number of carbonyl (C=O) groups is 1. The Labute approximate surface area is 177 Å². The molecule has 0 saturated heterocycles. The number of nitrogens with zero attached hydrogens (tertiary/aromatic N) is 3. The van der Waals surface area contributed by atoms with Gasteiger partial charge in [0.1, 0.15) is 11.6 Å². The zero-order valence-corrected chi connectivity index (χ0v) is 17.3. The average Bonchev–Trinajstić information content (AvgIpc) is 3.31. The van der Waals surface area contributed by atoms with Crippen molar-refractivity contribution >= 4 is 16.9 Å². The van der Waals surface area contributed by atoms with Crippen LogP contribution >= 0.6 is 0 Å². The summed E-state index contributed by atoms with van der Waals surface area (Å²) in [4.78, 5) is 11.0. The van der Waals surface area contributed by atoms with Crippen LogP contribution in [0.2, 0.25) is 0 Å². The van der Waals surface area contributed by atoms with E-state index in [1.165, 1.54) is 18.2 Å². The zero-order chi connectivity index (χ0) is 22.3. The molecule has 4 rings (SSSR count). The first-order valence-electron chi connectivity index (χ1n) is 9.91. The zero-order valence-electron chi connectivity index (χ0n) is 17.3. The van der Waals surface area contributed by atoms with E-state index in [9.17, 15) is 13.6 Å². The number of rotatable bonds is 6. The van der Waals surface area contributed by atoms with Crippen LogP contribution in [0.3, 0.4) is 0 Å². The molecule has 6 nitrogen and oxygen atoms in total. The molecule has 8 heteroatoms. The highest BCUT2D eigenvalue weighted by Crippen LogP contribution is 2.35. The summed E-state index contributed by atoms with van der Waals surface area (Å²) in [6, 6.07) is 9.51. The lowest BCUT2D eigenvalue weighted by molar-refractivity contribution is 0.0651. The Morgan fingerprint density at radius 1 is 1.13 bits per heavy atom. The SMILES string of the molecule is Cc1cc(-n2c(C(C)C)c(CCc3nnc(C(=O)O)o3)c3cc(F)ccc32)ccc1F. The minimum absolute atomic E-state index is 0.0769. The summed E-state index contributed by atoms with van der Waals surface area (Å²) in [6.45, 7) is 5.78. The van der Waals surface area contributed by atoms with Gasteiger partial charge in [-0.25, -0.2) is 13.6 Å². The highest BCUT2D eigenvalue weighted by molar-refractivity contribution is 5.88. The summed E-state index contributed by atoms with van der Waals surface area (Å²) in [5, 5.41) is 17.0. The van der Waals surface area contributed by atoms with Crippen molar-refractivity contribution in [3.8, 4) is 5.69 Å². The highest BCUT2D eigenvalue weighted by atomic mass is 19.1. The van der Waals surface area contributed by atoms with Gasteiger partial charge in [0.2, 0.25) is 5.89 Å². The number of aromatic carboxylic acids is 1. The molecule has 0 bridgehead atoms. The molecule has 1 N–H and O–H groups in total. The van der Waals surface area contributed by atoms with Crippen LogP contribution in [-0.4, -0.2) is 25.8 Å². The molecule has 0 saturated carbocycles. The van der Waals surface area contributed by atoms with Gasteiger partial charge in [-0.2, -0.15) is 0 Å².